The Balaban J connectivity index is 2.49. The quantitative estimate of drug-likeness (QED) is 0.700. The van der Waals surface area contributed by atoms with Crippen molar-refractivity contribution in [1.82, 2.24) is 13.9 Å². The number of alkyl halides is 4. The molecule has 0 saturated carbocycles. The molecule has 1 aliphatic carbocycles. The van der Waals surface area contributed by atoms with Crippen molar-refractivity contribution >= 4 is 69.6 Å². The van der Waals surface area contributed by atoms with Gasteiger partial charge in [-0.3, -0.25) is 0 Å². The summed E-state index contributed by atoms with van der Waals surface area (Å²) in [5.41, 5.74) is -1.40. The fraction of sp³-hybridized carbons (Fsp3) is 0.600. The summed E-state index contributed by atoms with van der Waals surface area (Å²) in [5, 5.41) is -0.358. The molecule has 1 aliphatic heterocycles. The normalized spacial score (nSPS) is 32.9. The Labute approximate surface area is 148 Å². The van der Waals surface area contributed by atoms with Crippen LogP contribution in [0.4, 0.5) is 0 Å². The summed E-state index contributed by atoms with van der Waals surface area (Å²) < 4.78 is 0.722. The van der Waals surface area contributed by atoms with Crippen molar-refractivity contribution in [1.29, 1.82) is 0 Å². The van der Waals surface area contributed by atoms with Crippen molar-refractivity contribution in [2.75, 3.05) is 0 Å². The highest BCUT2D eigenvalue weighted by Crippen LogP contribution is 2.71. The Morgan fingerprint density at radius 3 is 1.62 bits per heavy atom. The highest BCUT2D eigenvalue weighted by Gasteiger charge is 2.80. The van der Waals surface area contributed by atoms with Crippen LogP contribution in [0.1, 0.15) is 13.3 Å². The standard InChI is InChI=1S/C10H7Cl6N3O2/c1-2-3-17-6(20)18-8(13)4(11)5(12)9(14,10(8,15)16)19(18)7(17)21/h2-3H2,1H3. The second-order valence-corrected chi connectivity index (χ2v) is 7.96. The summed E-state index contributed by atoms with van der Waals surface area (Å²) >= 11 is 37.5. The van der Waals surface area contributed by atoms with E-state index in [0.29, 0.717) is 6.42 Å². The third kappa shape index (κ3) is 1.40. The van der Waals surface area contributed by atoms with Crippen LogP contribution in [0.2, 0.25) is 0 Å². The molecule has 0 spiro atoms. The first-order chi connectivity index (χ1) is 9.58. The molecule has 2 atom stereocenters. The van der Waals surface area contributed by atoms with Crippen LogP contribution in [0.3, 0.4) is 0 Å². The van der Waals surface area contributed by atoms with Crippen LogP contribution in [0.25, 0.3) is 0 Å². The Hall–Kier alpha value is 0.220. The van der Waals surface area contributed by atoms with Gasteiger partial charge in [-0.05, 0) is 6.42 Å². The summed E-state index contributed by atoms with van der Waals surface area (Å²) in [5.74, 6) is 0. The SMILES string of the molecule is CCCn1c(=O)n2n(c1=O)C1(Cl)C(Cl)=C(Cl)C2(Cl)C1(Cl)Cl. The molecule has 2 heterocycles. The topological polar surface area (TPSA) is 48.9 Å². The van der Waals surface area contributed by atoms with Crippen molar-refractivity contribution in [3.8, 4) is 0 Å². The number of fused-ring (bicyclic) bond motifs is 5. The van der Waals surface area contributed by atoms with Gasteiger partial charge in [-0.15, -0.1) is 0 Å². The molecule has 0 aromatic carbocycles. The van der Waals surface area contributed by atoms with Crippen LogP contribution < -0.4 is 11.4 Å². The van der Waals surface area contributed by atoms with E-state index in [1.807, 2.05) is 6.92 Å². The molecule has 5 nitrogen and oxygen atoms in total. The second kappa shape index (κ2) is 4.40. The maximum Gasteiger partial charge on any atom is 0.349 e. The van der Waals surface area contributed by atoms with Crippen LogP contribution in [-0.2, 0) is 16.5 Å². The largest absolute Gasteiger partial charge is 0.349 e. The molecule has 0 radical (unpaired) electrons. The maximum atomic E-state index is 12.5. The van der Waals surface area contributed by atoms with Gasteiger partial charge in [0.25, 0.3) is 0 Å². The van der Waals surface area contributed by atoms with Crippen molar-refractivity contribution in [2.45, 2.75) is 34.2 Å². The zero-order chi connectivity index (χ0) is 16.0. The van der Waals surface area contributed by atoms with Crippen LogP contribution in [0.15, 0.2) is 19.7 Å². The molecule has 0 saturated heterocycles. The van der Waals surface area contributed by atoms with Gasteiger partial charge in [0.2, 0.25) is 14.3 Å². The van der Waals surface area contributed by atoms with Gasteiger partial charge in [-0.2, -0.15) is 9.36 Å². The van der Waals surface area contributed by atoms with E-state index < -0.39 is 25.7 Å². The number of nitrogens with zero attached hydrogens (tertiary/aromatic N) is 3. The summed E-state index contributed by atoms with van der Waals surface area (Å²) in [6, 6.07) is 0. The maximum absolute atomic E-state index is 12.5. The average molecular weight is 414 g/mol. The molecule has 0 amide bonds. The van der Waals surface area contributed by atoms with Gasteiger partial charge < -0.3 is 0 Å². The smallest absolute Gasteiger partial charge is 0.246 e. The van der Waals surface area contributed by atoms with Crippen LogP contribution in [0, 0.1) is 0 Å². The van der Waals surface area contributed by atoms with E-state index in [9.17, 15) is 9.59 Å². The van der Waals surface area contributed by atoms with Gasteiger partial charge in [0, 0.05) is 6.54 Å². The Morgan fingerprint density at radius 1 is 0.905 bits per heavy atom. The van der Waals surface area contributed by atoms with E-state index in [2.05, 4.69) is 0 Å². The summed E-state index contributed by atoms with van der Waals surface area (Å²) in [6.07, 6.45) is 0.561. The summed E-state index contributed by atoms with van der Waals surface area (Å²) in [7, 11) is 0. The Kier molecular flexibility index (Phi) is 3.37. The van der Waals surface area contributed by atoms with Crippen LogP contribution in [-0.4, -0.2) is 18.3 Å². The van der Waals surface area contributed by atoms with E-state index in [1.165, 1.54) is 0 Å². The summed E-state index contributed by atoms with van der Waals surface area (Å²) in [6.45, 7) is 2.00. The lowest BCUT2D eigenvalue weighted by Gasteiger charge is -2.29. The number of hydrogen-bond acceptors (Lipinski definition) is 2. The molecule has 1 aromatic rings. The first-order valence-corrected chi connectivity index (χ1v) is 8.12. The lowest BCUT2D eigenvalue weighted by Crippen LogP contribution is -2.47. The van der Waals surface area contributed by atoms with Gasteiger partial charge >= 0.3 is 11.4 Å². The molecule has 1 aromatic heterocycles. The Morgan fingerprint density at radius 2 is 1.29 bits per heavy atom. The van der Waals surface area contributed by atoms with Gasteiger partial charge in [-0.1, -0.05) is 76.5 Å². The van der Waals surface area contributed by atoms with E-state index in [-0.39, 0.29) is 16.6 Å². The lowest BCUT2D eigenvalue weighted by atomic mass is 10.2. The predicted molar refractivity (Wildman–Crippen MR) is 84.1 cm³/mol. The molecule has 3 rings (SSSR count). The average Bonchev–Trinajstić information content (AvgIpc) is 2.78. The zero-order valence-corrected chi connectivity index (χ0v) is 14.9. The molecule has 2 aliphatic rings. The molecule has 116 valence electrons. The molecule has 2 unspecified atom stereocenters. The highest BCUT2D eigenvalue weighted by molar-refractivity contribution is 6.63. The van der Waals surface area contributed by atoms with Crippen molar-refractivity contribution in [3.05, 3.63) is 31.0 Å². The minimum atomic E-state index is -2.00. The van der Waals surface area contributed by atoms with Gasteiger partial charge in [-0.25, -0.2) is 14.2 Å². The van der Waals surface area contributed by atoms with Gasteiger partial charge in [0.05, 0.1) is 10.1 Å². The number of allylic oxidation sites excluding steroid dienone is 2. The van der Waals surface area contributed by atoms with E-state index in [4.69, 9.17) is 69.6 Å². The van der Waals surface area contributed by atoms with Gasteiger partial charge in [0.1, 0.15) is 0 Å². The number of rotatable bonds is 2. The third-order valence-corrected chi connectivity index (χ3v) is 7.62. The van der Waals surface area contributed by atoms with Crippen molar-refractivity contribution < 1.29 is 0 Å². The van der Waals surface area contributed by atoms with E-state index >= 15 is 0 Å². The third-order valence-electron chi connectivity index (χ3n) is 3.66. The first kappa shape index (κ1) is 16.1. The molecule has 2 bridgehead atoms. The van der Waals surface area contributed by atoms with E-state index in [0.717, 1.165) is 13.9 Å². The lowest BCUT2D eigenvalue weighted by molar-refractivity contribution is 0.447. The van der Waals surface area contributed by atoms with Crippen molar-refractivity contribution in [3.63, 3.8) is 0 Å². The molecule has 0 fully saturated rings. The minimum Gasteiger partial charge on any atom is -0.246 e. The Bertz CT molecular complexity index is 745. The summed E-state index contributed by atoms with van der Waals surface area (Å²) in [4.78, 5) is 21.1. The monoisotopic (exact) mass is 411 g/mol. The minimum absolute atomic E-state index is 0.179. The molecular weight excluding hydrogens is 407 g/mol. The first-order valence-electron chi connectivity index (χ1n) is 5.86. The van der Waals surface area contributed by atoms with Crippen LogP contribution >= 0.6 is 69.6 Å². The molecular formula is C10H7Cl6N3O2. The second-order valence-electron chi connectivity index (χ2n) is 4.79. The number of aromatic nitrogens is 3. The highest BCUT2D eigenvalue weighted by atomic mass is 35.5. The van der Waals surface area contributed by atoms with E-state index in [1.54, 1.807) is 0 Å². The zero-order valence-electron chi connectivity index (χ0n) is 10.3. The van der Waals surface area contributed by atoms with Crippen LogP contribution in [0.5, 0.6) is 0 Å². The predicted octanol–water partition coefficient (Wildman–Crippen LogP) is 2.90. The number of halogens is 6. The molecule has 0 N–H and O–H groups in total. The van der Waals surface area contributed by atoms with Crippen molar-refractivity contribution in [2.24, 2.45) is 0 Å². The molecule has 11 heteroatoms. The fourth-order valence-corrected chi connectivity index (χ4v) is 5.19. The fourth-order valence-electron chi connectivity index (χ4n) is 2.67. The molecule has 21 heavy (non-hydrogen) atoms. The van der Waals surface area contributed by atoms with Gasteiger partial charge in [0.15, 0.2) is 0 Å². The number of hydrogen-bond donors (Lipinski definition) is 0.